The van der Waals surface area contributed by atoms with Crippen LogP contribution in [-0.2, 0) is 7.05 Å². The monoisotopic (exact) mass is 140 g/mol. The minimum absolute atomic E-state index is 0.0359. The summed E-state index contributed by atoms with van der Waals surface area (Å²) in [6.07, 6.45) is 0. The molecule has 1 aromatic rings. The van der Waals surface area contributed by atoms with Crippen molar-refractivity contribution in [1.29, 1.82) is 0 Å². The Morgan fingerprint density at radius 3 is 2.30 bits per heavy atom. The summed E-state index contributed by atoms with van der Waals surface area (Å²) >= 11 is 0. The molecular weight excluding hydrogens is 128 g/mol. The number of hydrogen-bond acceptors (Lipinski definition) is 3. The molecule has 0 saturated carbocycles. The Balaban J connectivity index is 3.05. The maximum absolute atomic E-state index is 5.60. The Morgan fingerprint density at radius 2 is 2.10 bits per heavy atom. The predicted molar refractivity (Wildman–Crippen MR) is 38.3 cm³/mol. The van der Waals surface area contributed by atoms with Crippen LogP contribution in [0.25, 0.3) is 0 Å². The van der Waals surface area contributed by atoms with Gasteiger partial charge in [0.2, 0.25) is 0 Å². The van der Waals surface area contributed by atoms with Gasteiger partial charge in [0.1, 0.15) is 11.6 Å². The first-order valence-electron chi connectivity index (χ1n) is 3.24. The molecule has 1 heterocycles. The standard InChI is InChI=1S/C6H12N4/c1-4(7)6-9-8-5(2)10(6)3/h4H,7H2,1-3H3. The Bertz CT molecular complexity index is 226. The fourth-order valence-corrected chi connectivity index (χ4v) is 0.820. The van der Waals surface area contributed by atoms with Crippen LogP contribution in [0.2, 0.25) is 0 Å². The first kappa shape index (κ1) is 7.21. The summed E-state index contributed by atoms with van der Waals surface area (Å²) in [5.41, 5.74) is 5.60. The fourth-order valence-electron chi connectivity index (χ4n) is 0.820. The number of nitrogens with zero attached hydrogens (tertiary/aromatic N) is 3. The normalized spacial score (nSPS) is 13.6. The molecule has 0 amide bonds. The summed E-state index contributed by atoms with van der Waals surface area (Å²) in [7, 11) is 1.91. The van der Waals surface area contributed by atoms with E-state index in [1.807, 2.05) is 25.5 Å². The van der Waals surface area contributed by atoms with Gasteiger partial charge in [-0.1, -0.05) is 0 Å². The molecule has 0 radical (unpaired) electrons. The zero-order valence-corrected chi connectivity index (χ0v) is 6.50. The lowest BCUT2D eigenvalue weighted by molar-refractivity contribution is 0.677. The lowest BCUT2D eigenvalue weighted by Crippen LogP contribution is -2.11. The average Bonchev–Trinajstić information content (AvgIpc) is 2.14. The highest BCUT2D eigenvalue weighted by Gasteiger charge is 2.07. The number of aromatic nitrogens is 3. The van der Waals surface area contributed by atoms with Crippen molar-refractivity contribution in [3.63, 3.8) is 0 Å². The number of hydrogen-bond donors (Lipinski definition) is 1. The highest BCUT2D eigenvalue weighted by Crippen LogP contribution is 2.04. The van der Waals surface area contributed by atoms with E-state index >= 15 is 0 Å². The lowest BCUT2D eigenvalue weighted by atomic mass is 10.3. The van der Waals surface area contributed by atoms with Crippen LogP contribution < -0.4 is 5.73 Å². The van der Waals surface area contributed by atoms with Gasteiger partial charge in [-0.3, -0.25) is 0 Å². The molecule has 56 valence electrons. The molecule has 1 rings (SSSR count). The minimum atomic E-state index is -0.0359. The molecule has 0 aliphatic rings. The largest absolute Gasteiger partial charge is 0.322 e. The average molecular weight is 140 g/mol. The van der Waals surface area contributed by atoms with Gasteiger partial charge in [0, 0.05) is 7.05 Å². The zero-order chi connectivity index (χ0) is 7.72. The quantitative estimate of drug-likeness (QED) is 0.603. The minimum Gasteiger partial charge on any atom is -0.322 e. The van der Waals surface area contributed by atoms with E-state index in [1.54, 1.807) is 0 Å². The molecule has 2 N–H and O–H groups in total. The Morgan fingerprint density at radius 1 is 1.50 bits per heavy atom. The van der Waals surface area contributed by atoms with Crippen molar-refractivity contribution in [2.75, 3.05) is 0 Å². The van der Waals surface area contributed by atoms with E-state index in [0.29, 0.717) is 0 Å². The topological polar surface area (TPSA) is 56.7 Å². The molecule has 4 nitrogen and oxygen atoms in total. The molecule has 0 saturated heterocycles. The van der Waals surface area contributed by atoms with E-state index in [-0.39, 0.29) is 6.04 Å². The molecular formula is C6H12N4. The second kappa shape index (κ2) is 2.38. The summed E-state index contributed by atoms with van der Waals surface area (Å²) in [5, 5.41) is 7.77. The molecule has 1 unspecified atom stereocenters. The maximum atomic E-state index is 5.60. The van der Waals surface area contributed by atoms with Gasteiger partial charge < -0.3 is 10.3 Å². The third-order valence-electron chi connectivity index (χ3n) is 1.53. The first-order chi connectivity index (χ1) is 4.63. The van der Waals surface area contributed by atoms with Crippen LogP contribution in [-0.4, -0.2) is 14.8 Å². The molecule has 0 aliphatic carbocycles. The van der Waals surface area contributed by atoms with E-state index in [2.05, 4.69) is 10.2 Å². The molecule has 1 atom stereocenters. The molecule has 0 bridgehead atoms. The van der Waals surface area contributed by atoms with Gasteiger partial charge in [-0.15, -0.1) is 10.2 Å². The highest BCUT2D eigenvalue weighted by atomic mass is 15.3. The van der Waals surface area contributed by atoms with Crippen molar-refractivity contribution >= 4 is 0 Å². The summed E-state index contributed by atoms with van der Waals surface area (Å²) in [5.74, 6) is 1.73. The van der Waals surface area contributed by atoms with Crippen LogP contribution in [0.4, 0.5) is 0 Å². The lowest BCUT2D eigenvalue weighted by Gasteiger charge is -2.02. The molecule has 1 aromatic heterocycles. The second-order valence-electron chi connectivity index (χ2n) is 2.45. The maximum Gasteiger partial charge on any atom is 0.149 e. The summed E-state index contributed by atoms with van der Waals surface area (Å²) < 4.78 is 1.89. The third-order valence-corrected chi connectivity index (χ3v) is 1.53. The molecule has 4 heteroatoms. The van der Waals surface area contributed by atoms with Gasteiger partial charge in [0.25, 0.3) is 0 Å². The Labute approximate surface area is 60.1 Å². The van der Waals surface area contributed by atoms with Gasteiger partial charge >= 0.3 is 0 Å². The van der Waals surface area contributed by atoms with Crippen LogP contribution >= 0.6 is 0 Å². The zero-order valence-electron chi connectivity index (χ0n) is 6.50. The SMILES string of the molecule is Cc1nnc(C(C)N)n1C. The van der Waals surface area contributed by atoms with Gasteiger partial charge in [-0.25, -0.2) is 0 Å². The van der Waals surface area contributed by atoms with Gasteiger partial charge in [0.15, 0.2) is 0 Å². The van der Waals surface area contributed by atoms with Crippen molar-refractivity contribution < 1.29 is 0 Å². The van der Waals surface area contributed by atoms with Crippen molar-refractivity contribution in [3.8, 4) is 0 Å². The summed E-state index contributed by atoms with van der Waals surface area (Å²) in [4.78, 5) is 0. The van der Waals surface area contributed by atoms with Crippen LogP contribution in [0.3, 0.4) is 0 Å². The van der Waals surface area contributed by atoms with Crippen LogP contribution in [0.5, 0.6) is 0 Å². The number of rotatable bonds is 1. The first-order valence-corrected chi connectivity index (χ1v) is 3.24. The van der Waals surface area contributed by atoms with Crippen molar-refractivity contribution in [2.45, 2.75) is 19.9 Å². The van der Waals surface area contributed by atoms with Gasteiger partial charge in [-0.05, 0) is 13.8 Å². The van der Waals surface area contributed by atoms with Crippen LogP contribution in [0.15, 0.2) is 0 Å². The van der Waals surface area contributed by atoms with Crippen LogP contribution in [0.1, 0.15) is 24.6 Å². The van der Waals surface area contributed by atoms with Crippen molar-refractivity contribution in [1.82, 2.24) is 14.8 Å². The number of nitrogens with two attached hydrogens (primary N) is 1. The summed E-state index contributed by atoms with van der Waals surface area (Å²) in [6, 6.07) is -0.0359. The smallest absolute Gasteiger partial charge is 0.149 e. The van der Waals surface area contributed by atoms with Gasteiger partial charge in [-0.2, -0.15) is 0 Å². The Kier molecular flexibility index (Phi) is 1.72. The summed E-state index contributed by atoms with van der Waals surface area (Å²) in [6.45, 7) is 3.79. The molecule has 0 aromatic carbocycles. The third kappa shape index (κ3) is 1.02. The van der Waals surface area contributed by atoms with E-state index in [4.69, 9.17) is 5.73 Å². The van der Waals surface area contributed by atoms with Crippen molar-refractivity contribution in [2.24, 2.45) is 12.8 Å². The Hall–Kier alpha value is -0.900. The van der Waals surface area contributed by atoms with E-state index in [1.165, 1.54) is 0 Å². The van der Waals surface area contributed by atoms with E-state index in [0.717, 1.165) is 11.6 Å². The van der Waals surface area contributed by atoms with Crippen LogP contribution in [0, 0.1) is 6.92 Å². The van der Waals surface area contributed by atoms with Crippen molar-refractivity contribution in [3.05, 3.63) is 11.6 Å². The number of aryl methyl sites for hydroxylation is 1. The van der Waals surface area contributed by atoms with E-state index in [9.17, 15) is 0 Å². The fraction of sp³-hybridized carbons (Fsp3) is 0.667. The molecule has 10 heavy (non-hydrogen) atoms. The van der Waals surface area contributed by atoms with E-state index < -0.39 is 0 Å². The van der Waals surface area contributed by atoms with Gasteiger partial charge in [0.05, 0.1) is 6.04 Å². The molecule has 0 fully saturated rings. The highest BCUT2D eigenvalue weighted by molar-refractivity contribution is 4.96. The predicted octanol–water partition coefficient (Wildman–Crippen LogP) is 0.143. The second-order valence-corrected chi connectivity index (χ2v) is 2.45. The molecule has 0 spiro atoms. The molecule has 0 aliphatic heterocycles.